The number of hydrogen-bond acceptors (Lipinski definition) is 5. The SMILES string of the molecule is CNC(=O)c1cc(C(=O)NC2CCC(O)CC2)c(C(CO)c2ccccc2)o1. The number of carbonyl (C=O) groups excluding carboxylic acids is 2. The van der Waals surface area contributed by atoms with Crippen molar-refractivity contribution in [3.8, 4) is 0 Å². The monoisotopic (exact) mass is 386 g/mol. The highest BCUT2D eigenvalue weighted by atomic mass is 16.4. The van der Waals surface area contributed by atoms with E-state index in [-0.39, 0.29) is 41.7 Å². The smallest absolute Gasteiger partial charge is 0.286 e. The van der Waals surface area contributed by atoms with Crippen LogP contribution in [0.5, 0.6) is 0 Å². The van der Waals surface area contributed by atoms with Crippen LogP contribution in [-0.2, 0) is 0 Å². The molecule has 2 amide bonds. The van der Waals surface area contributed by atoms with Crippen LogP contribution >= 0.6 is 0 Å². The summed E-state index contributed by atoms with van der Waals surface area (Å²) < 4.78 is 5.73. The molecule has 1 unspecified atom stereocenters. The predicted octanol–water partition coefficient (Wildman–Crippen LogP) is 1.80. The van der Waals surface area contributed by atoms with Crippen molar-refractivity contribution in [2.75, 3.05) is 13.7 Å². The fourth-order valence-corrected chi connectivity index (χ4v) is 3.58. The molecule has 1 aromatic carbocycles. The maximum Gasteiger partial charge on any atom is 0.286 e. The lowest BCUT2D eigenvalue weighted by Crippen LogP contribution is -2.38. The molecule has 0 bridgehead atoms. The highest BCUT2D eigenvalue weighted by Gasteiger charge is 2.29. The molecule has 1 atom stereocenters. The molecule has 1 aliphatic carbocycles. The average molecular weight is 386 g/mol. The number of aliphatic hydroxyl groups is 2. The van der Waals surface area contributed by atoms with Crippen LogP contribution in [-0.4, -0.2) is 47.8 Å². The van der Waals surface area contributed by atoms with Gasteiger partial charge in [0.2, 0.25) is 0 Å². The molecule has 2 aromatic rings. The summed E-state index contributed by atoms with van der Waals surface area (Å²) in [5.74, 6) is -1.05. The summed E-state index contributed by atoms with van der Waals surface area (Å²) in [5.41, 5.74) is 1.03. The number of amides is 2. The Morgan fingerprint density at radius 3 is 2.43 bits per heavy atom. The second-order valence-corrected chi connectivity index (χ2v) is 7.09. The first-order chi connectivity index (χ1) is 13.5. The molecule has 0 radical (unpaired) electrons. The number of carbonyl (C=O) groups is 2. The quantitative estimate of drug-likeness (QED) is 0.605. The molecule has 0 spiro atoms. The Morgan fingerprint density at radius 2 is 1.82 bits per heavy atom. The average Bonchev–Trinajstić information content (AvgIpc) is 3.16. The molecular weight excluding hydrogens is 360 g/mol. The zero-order valence-electron chi connectivity index (χ0n) is 15.9. The first-order valence-corrected chi connectivity index (χ1v) is 9.54. The first-order valence-electron chi connectivity index (χ1n) is 9.54. The Kier molecular flexibility index (Phi) is 6.49. The molecule has 1 aliphatic rings. The Hall–Kier alpha value is -2.64. The van der Waals surface area contributed by atoms with Crippen molar-refractivity contribution in [1.29, 1.82) is 0 Å². The van der Waals surface area contributed by atoms with E-state index < -0.39 is 11.8 Å². The van der Waals surface area contributed by atoms with Gasteiger partial charge in [-0.3, -0.25) is 9.59 Å². The zero-order chi connectivity index (χ0) is 20.1. The largest absolute Gasteiger partial charge is 0.454 e. The standard InChI is InChI=1S/C21H26N2O5/c1-22-21(27)18-11-16(20(26)23-14-7-9-15(25)10-8-14)19(28-18)17(12-24)13-5-3-2-4-6-13/h2-6,11,14-15,17,24-25H,7-10,12H2,1H3,(H,22,27)(H,23,26). The molecule has 150 valence electrons. The topological polar surface area (TPSA) is 112 Å². The van der Waals surface area contributed by atoms with Gasteiger partial charge in [0.15, 0.2) is 5.76 Å². The normalized spacial score (nSPS) is 20.4. The van der Waals surface area contributed by atoms with E-state index in [1.54, 1.807) is 0 Å². The summed E-state index contributed by atoms with van der Waals surface area (Å²) in [4.78, 5) is 25.0. The maximum absolute atomic E-state index is 12.9. The van der Waals surface area contributed by atoms with Gasteiger partial charge in [-0.1, -0.05) is 30.3 Å². The van der Waals surface area contributed by atoms with Crippen molar-refractivity contribution in [3.63, 3.8) is 0 Å². The van der Waals surface area contributed by atoms with Gasteiger partial charge in [-0.15, -0.1) is 0 Å². The number of rotatable bonds is 6. The lowest BCUT2D eigenvalue weighted by molar-refractivity contribution is 0.0864. The number of nitrogens with one attached hydrogen (secondary N) is 2. The van der Waals surface area contributed by atoms with Gasteiger partial charge in [0.25, 0.3) is 11.8 Å². The van der Waals surface area contributed by atoms with Crippen LogP contribution < -0.4 is 10.6 Å². The van der Waals surface area contributed by atoms with Crippen LogP contribution in [0.1, 0.15) is 63.8 Å². The number of aliphatic hydroxyl groups excluding tert-OH is 2. The molecule has 0 aliphatic heterocycles. The lowest BCUT2D eigenvalue weighted by atomic mass is 9.92. The fraction of sp³-hybridized carbons (Fsp3) is 0.429. The van der Waals surface area contributed by atoms with Crippen molar-refractivity contribution >= 4 is 11.8 Å². The summed E-state index contributed by atoms with van der Waals surface area (Å²) in [6.45, 7) is -0.263. The van der Waals surface area contributed by atoms with Crippen LogP contribution in [0.15, 0.2) is 40.8 Å². The summed E-state index contributed by atoms with van der Waals surface area (Å²) in [7, 11) is 1.48. The molecule has 4 N–H and O–H groups in total. The van der Waals surface area contributed by atoms with Crippen LogP contribution in [0.25, 0.3) is 0 Å². The van der Waals surface area contributed by atoms with Crippen molar-refractivity contribution in [2.24, 2.45) is 0 Å². The summed E-state index contributed by atoms with van der Waals surface area (Å²) >= 11 is 0. The van der Waals surface area contributed by atoms with Crippen molar-refractivity contribution in [3.05, 3.63) is 59.0 Å². The summed E-state index contributed by atoms with van der Waals surface area (Å²) in [6.07, 6.45) is 2.38. The summed E-state index contributed by atoms with van der Waals surface area (Å²) in [5, 5.41) is 25.1. The van der Waals surface area contributed by atoms with E-state index in [4.69, 9.17) is 4.42 Å². The third-order valence-electron chi connectivity index (χ3n) is 5.19. The predicted molar refractivity (Wildman–Crippen MR) is 103 cm³/mol. The Balaban J connectivity index is 1.91. The molecule has 1 fully saturated rings. The van der Waals surface area contributed by atoms with Crippen LogP contribution in [0, 0.1) is 0 Å². The van der Waals surface area contributed by atoms with E-state index in [2.05, 4.69) is 10.6 Å². The molecule has 7 heteroatoms. The lowest BCUT2D eigenvalue weighted by Gasteiger charge is -2.26. The van der Waals surface area contributed by atoms with Gasteiger partial charge in [-0.25, -0.2) is 0 Å². The first kappa shape index (κ1) is 20.1. The van der Waals surface area contributed by atoms with Gasteiger partial charge in [0.05, 0.1) is 24.2 Å². The number of benzene rings is 1. The van der Waals surface area contributed by atoms with Crippen molar-refractivity contribution in [1.82, 2.24) is 10.6 Å². The van der Waals surface area contributed by atoms with Gasteiger partial charge in [-0.05, 0) is 31.2 Å². The van der Waals surface area contributed by atoms with Gasteiger partial charge in [0, 0.05) is 19.2 Å². The minimum atomic E-state index is -0.562. The van der Waals surface area contributed by atoms with Crippen molar-refractivity contribution < 1.29 is 24.2 Å². The van der Waals surface area contributed by atoms with E-state index in [1.165, 1.54) is 13.1 Å². The van der Waals surface area contributed by atoms with Gasteiger partial charge in [0.1, 0.15) is 5.76 Å². The fourth-order valence-electron chi connectivity index (χ4n) is 3.58. The molecule has 1 heterocycles. The minimum absolute atomic E-state index is 0.0242. The minimum Gasteiger partial charge on any atom is -0.454 e. The second-order valence-electron chi connectivity index (χ2n) is 7.09. The number of hydrogen-bond donors (Lipinski definition) is 4. The summed E-state index contributed by atoms with van der Waals surface area (Å²) in [6, 6.07) is 10.6. The van der Waals surface area contributed by atoms with E-state index in [0.29, 0.717) is 25.7 Å². The van der Waals surface area contributed by atoms with Gasteiger partial charge in [-0.2, -0.15) is 0 Å². The third-order valence-corrected chi connectivity index (χ3v) is 5.19. The molecule has 1 aromatic heterocycles. The Labute approximate surface area is 163 Å². The van der Waals surface area contributed by atoms with Crippen LogP contribution in [0.2, 0.25) is 0 Å². The second kappa shape index (κ2) is 9.03. The molecule has 3 rings (SSSR count). The molecule has 28 heavy (non-hydrogen) atoms. The number of furan rings is 1. The van der Waals surface area contributed by atoms with E-state index in [0.717, 1.165) is 5.56 Å². The van der Waals surface area contributed by atoms with Gasteiger partial charge >= 0.3 is 0 Å². The molecule has 7 nitrogen and oxygen atoms in total. The highest BCUT2D eigenvalue weighted by Crippen LogP contribution is 2.30. The van der Waals surface area contributed by atoms with E-state index in [9.17, 15) is 19.8 Å². The molecular formula is C21H26N2O5. The molecule has 0 saturated heterocycles. The van der Waals surface area contributed by atoms with E-state index in [1.807, 2.05) is 30.3 Å². The van der Waals surface area contributed by atoms with Crippen LogP contribution in [0.4, 0.5) is 0 Å². The Bertz CT molecular complexity index is 809. The highest BCUT2D eigenvalue weighted by molar-refractivity contribution is 5.99. The van der Waals surface area contributed by atoms with Crippen LogP contribution in [0.3, 0.4) is 0 Å². The molecule has 1 saturated carbocycles. The van der Waals surface area contributed by atoms with Gasteiger partial charge < -0.3 is 25.3 Å². The third kappa shape index (κ3) is 4.43. The maximum atomic E-state index is 12.9. The Morgan fingerprint density at radius 1 is 1.14 bits per heavy atom. The van der Waals surface area contributed by atoms with E-state index >= 15 is 0 Å². The zero-order valence-corrected chi connectivity index (χ0v) is 15.9. The van der Waals surface area contributed by atoms with Crippen molar-refractivity contribution in [2.45, 2.75) is 43.7 Å².